The summed E-state index contributed by atoms with van der Waals surface area (Å²) >= 11 is 0. The lowest BCUT2D eigenvalue weighted by atomic mass is 10.1. The van der Waals surface area contributed by atoms with E-state index in [1.165, 1.54) is 0 Å². The number of nitriles is 1. The van der Waals surface area contributed by atoms with Gasteiger partial charge in [0.2, 0.25) is 0 Å². The van der Waals surface area contributed by atoms with E-state index in [-0.39, 0.29) is 0 Å². The minimum atomic E-state index is 0.340. The van der Waals surface area contributed by atoms with Crippen molar-refractivity contribution in [3.63, 3.8) is 0 Å². The van der Waals surface area contributed by atoms with E-state index >= 15 is 0 Å². The van der Waals surface area contributed by atoms with Gasteiger partial charge in [0.1, 0.15) is 11.6 Å². The molecule has 1 aromatic heterocycles. The molecule has 0 saturated carbocycles. The van der Waals surface area contributed by atoms with Crippen molar-refractivity contribution >= 4 is 5.82 Å². The second kappa shape index (κ2) is 5.11. The molecule has 1 unspecified atom stereocenters. The third-order valence-electron chi connectivity index (χ3n) is 3.20. The van der Waals surface area contributed by atoms with E-state index in [1.807, 2.05) is 13.8 Å². The summed E-state index contributed by atoms with van der Waals surface area (Å²) in [7, 11) is 0. The molecule has 0 aliphatic carbocycles. The lowest BCUT2D eigenvalue weighted by Gasteiger charge is -2.24. The number of piperidine rings is 1. The van der Waals surface area contributed by atoms with Gasteiger partial charge in [0.05, 0.1) is 5.69 Å². The zero-order chi connectivity index (χ0) is 12.3. The van der Waals surface area contributed by atoms with Crippen LogP contribution in [0.25, 0.3) is 0 Å². The summed E-state index contributed by atoms with van der Waals surface area (Å²) in [4.78, 5) is 0. The number of hydrogen-bond acceptors (Lipinski definition) is 5. The van der Waals surface area contributed by atoms with Gasteiger partial charge in [-0.15, -0.1) is 5.10 Å². The molecular weight excluding hydrogens is 214 g/mol. The molecule has 90 valence electrons. The fourth-order valence-electron chi connectivity index (χ4n) is 2.01. The Hall–Kier alpha value is -1.67. The first-order valence-electron chi connectivity index (χ1n) is 5.93. The topological polar surface area (TPSA) is 73.6 Å². The number of nitrogens with one attached hydrogen (secondary N) is 2. The third-order valence-corrected chi connectivity index (χ3v) is 3.20. The van der Waals surface area contributed by atoms with Crippen molar-refractivity contribution in [3.8, 4) is 6.07 Å². The molecule has 1 aromatic rings. The molecule has 0 bridgehead atoms. The van der Waals surface area contributed by atoms with Crippen LogP contribution < -0.4 is 10.6 Å². The molecule has 5 nitrogen and oxygen atoms in total. The Morgan fingerprint density at radius 1 is 1.41 bits per heavy atom. The number of anilines is 1. The molecular formula is C12H17N5. The maximum atomic E-state index is 9.18. The van der Waals surface area contributed by atoms with Gasteiger partial charge < -0.3 is 10.6 Å². The fourth-order valence-corrected chi connectivity index (χ4v) is 2.01. The van der Waals surface area contributed by atoms with E-state index in [1.54, 1.807) is 0 Å². The summed E-state index contributed by atoms with van der Waals surface area (Å²) in [5.41, 5.74) is 2.34. The van der Waals surface area contributed by atoms with E-state index in [0.29, 0.717) is 17.4 Å². The van der Waals surface area contributed by atoms with Crippen LogP contribution in [0.2, 0.25) is 0 Å². The Morgan fingerprint density at radius 3 is 2.88 bits per heavy atom. The zero-order valence-electron chi connectivity index (χ0n) is 10.2. The molecule has 17 heavy (non-hydrogen) atoms. The van der Waals surface area contributed by atoms with E-state index in [2.05, 4.69) is 26.9 Å². The maximum absolute atomic E-state index is 9.18. The Bertz CT molecular complexity index is 443. The van der Waals surface area contributed by atoms with Gasteiger partial charge in [-0.05, 0) is 38.8 Å². The van der Waals surface area contributed by atoms with Crippen molar-refractivity contribution in [1.29, 1.82) is 5.26 Å². The third kappa shape index (κ3) is 2.53. The summed E-state index contributed by atoms with van der Waals surface area (Å²) in [6, 6.07) is 2.55. The number of aromatic nitrogens is 2. The van der Waals surface area contributed by atoms with Gasteiger partial charge in [-0.2, -0.15) is 10.4 Å². The molecule has 1 aliphatic rings. The second-order valence-corrected chi connectivity index (χ2v) is 4.43. The van der Waals surface area contributed by atoms with Crippen molar-refractivity contribution in [3.05, 3.63) is 16.8 Å². The fraction of sp³-hybridized carbons (Fsp3) is 0.583. The van der Waals surface area contributed by atoms with Crippen molar-refractivity contribution in [2.45, 2.75) is 32.7 Å². The monoisotopic (exact) mass is 231 g/mol. The van der Waals surface area contributed by atoms with Crippen LogP contribution in [0.5, 0.6) is 0 Å². The van der Waals surface area contributed by atoms with Gasteiger partial charge in [0, 0.05) is 12.6 Å². The molecule has 1 saturated heterocycles. The number of aryl methyl sites for hydroxylation is 1. The van der Waals surface area contributed by atoms with Gasteiger partial charge in [-0.25, -0.2) is 0 Å². The molecule has 0 aromatic carbocycles. The summed E-state index contributed by atoms with van der Waals surface area (Å²) in [6.45, 7) is 5.77. The van der Waals surface area contributed by atoms with Crippen LogP contribution in [-0.2, 0) is 0 Å². The number of rotatable bonds is 2. The number of nitrogens with zero attached hydrogens (tertiary/aromatic N) is 3. The van der Waals surface area contributed by atoms with E-state index < -0.39 is 0 Å². The molecule has 1 atom stereocenters. The van der Waals surface area contributed by atoms with E-state index in [9.17, 15) is 5.26 Å². The molecule has 0 radical (unpaired) electrons. The minimum absolute atomic E-state index is 0.340. The van der Waals surface area contributed by atoms with E-state index in [0.717, 1.165) is 37.2 Å². The standard InChI is InChI=1S/C12H17N5/c1-8-9(2)16-17-12(11(8)6-13)15-10-4-3-5-14-7-10/h10,14H,3-5,7H2,1-2H3,(H,15,17). The second-order valence-electron chi connectivity index (χ2n) is 4.43. The molecule has 2 rings (SSSR count). The largest absolute Gasteiger partial charge is 0.363 e. The Kier molecular flexibility index (Phi) is 3.55. The molecule has 1 fully saturated rings. The Balaban J connectivity index is 2.20. The first kappa shape index (κ1) is 11.8. The average molecular weight is 231 g/mol. The van der Waals surface area contributed by atoms with Crippen molar-refractivity contribution in [2.24, 2.45) is 0 Å². The first-order valence-corrected chi connectivity index (χ1v) is 5.93. The molecule has 2 N–H and O–H groups in total. The van der Waals surface area contributed by atoms with E-state index in [4.69, 9.17) is 0 Å². The molecule has 2 heterocycles. The lowest BCUT2D eigenvalue weighted by molar-refractivity contribution is 0.478. The van der Waals surface area contributed by atoms with Crippen molar-refractivity contribution in [1.82, 2.24) is 15.5 Å². The van der Waals surface area contributed by atoms with Crippen LogP contribution in [0.4, 0.5) is 5.82 Å². The molecule has 0 amide bonds. The summed E-state index contributed by atoms with van der Waals surface area (Å²) in [5.74, 6) is 0.615. The van der Waals surface area contributed by atoms with Crippen LogP contribution in [0.3, 0.4) is 0 Å². The Morgan fingerprint density at radius 2 is 2.24 bits per heavy atom. The van der Waals surface area contributed by atoms with Crippen molar-refractivity contribution in [2.75, 3.05) is 18.4 Å². The quantitative estimate of drug-likeness (QED) is 0.798. The highest BCUT2D eigenvalue weighted by Crippen LogP contribution is 2.19. The predicted octanol–water partition coefficient (Wildman–Crippen LogP) is 1.13. The summed E-state index contributed by atoms with van der Waals surface area (Å²) < 4.78 is 0. The normalized spacial score (nSPS) is 19.7. The smallest absolute Gasteiger partial charge is 0.167 e. The number of hydrogen-bond donors (Lipinski definition) is 2. The van der Waals surface area contributed by atoms with Gasteiger partial charge in [-0.1, -0.05) is 0 Å². The minimum Gasteiger partial charge on any atom is -0.363 e. The van der Waals surface area contributed by atoms with Crippen LogP contribution in [0.15, 0.2) is 0 Å². The van der Waals surface area contributed by atoms with Gasteiger partial charge in [0.15, 0.2) is 5.82 Å². The molecule has 0 spiro atoms. The lowest BCUT2D eigenvalue weighted by Crippen LogP contribution is -2.38. The van der Waals surface area contributed by atoms with Gasteiger partial charge in [-0.3, -0.25) is 0 Å². The summed E-state index contributed by atoms with van der Waals surface area (Å²) in [6.07, 6.45) is 2.25. The van der Waals surface area contributed by atoms with Gasteiger partial charge >= 0.3 is 0 Å². The highest BCUT2D eigenvalue weighted by atomic mass is 15.2. The highest BCUT2D eigenvalue weighted by molar-refractivity contribution is 5.56. The van der Waals surface area contributed by atoms with Crippen LogP contribution in [-0.4, -0.2) is 29.3 Å². The first-order chi connectivity index (χ1) is 8.22. The maximum Gasteiger partial charge on any atom is 0.167 e. The van der Waals surface area contributed by atoms with Crippen LogP contribution in [0, 0.1) is 25.2 Å². The Labute approximate surface area is 101 Å². The average Bonchev–Trinajstić information content (AvgIpc) is 2.36. The summed E-state index contributed by atoms with van der Waals surface area (Å²) in [5, 5.41) is 24.0. The van der Waals surface area contributed by atoms with Gasteiger partial charge in [0.25, 0.3) is 0 Å². The molecule has 5 heteroatoms. The SMILES string of the molecule is Cc1nnc(NC2CCCNC2)c(C#N)c1C. The molecule has 1 aliphatic heterocycles. The highest BCUT2D eigenvalue weighted by Gasteiger charge is 2.17. The zero-order valence-corrected chi connectivity index (χ0v) is 10.2. The van der Waals surface area contributed by atoms with Crippen molar-refractivity contribution < 1.29 is 0 Å². The predicted molar refractivity (Wildman–Crippen MR) is 65.7 cm³/mol. The van der Waals surface area contributed by atoms with Crippen LogP contribution in [0.1, 0.15) is 29.7 Å². The van der Waals surface area contributed by atoms with Crippen LogP contribution >= 0.6 is 0 Å².